The predicted molar refractivity (Wildman–Crippen MR) is 82.3 cm³/mol. The molecule has 0 aliphatic carbocycles. The molecule has 1 fully saturated rings. The van der Waals surface area contributed by atoms with Crippen LogP contribution in [-0.4, -0.2) is 43.3 Å². The molecule has 1 atom stereocenters. The molecule has 7 heteroatoms. The minimum absolute atomic E-state index is 0.0517. The van der Waals surface area contributed by atoms with Crippen LogP contribution < -0.4 is 5.73 Å². The molecule has 110 valence electrons. The molecule has 2 N–H and O–H groups in total. The molecule has 0 aromatic heterocycles. The molecule has 0 bridgehead atoms. The van der Waals surface area contributed by atoms with E-state index in [4.69, 9.17) is 5.73 Å². The zero-order valence-corrected chi connectivity index (χ0v) is 13.6. The molecule has 2 rings (SSSR count). The first-order chi connectivity index (χ1) is 9.32. The van der Waals surface area contributed by atoms with Gasteiger partial charge in [0.05, 0.1) is 11.5 Å². The van der Waals surface area contributed by atoms with Crippen molar-refractivity contribution in [1.29, 1.82) is 0 Å². The summed E-state index contributed by atoms with van der Waals surface area (Å²) < 4.78 is 23.9. The predicted octanol–water partition coefficient (Wildman–Crippen LogP) is 1.68. The van der Waals surface area contributed by atoms with E-state index >= 15 is 0 Å². The van der Waals surface area contributed by atoms with Gasteiger partial charge in [0, 0.05) is 28.3 Å². The van der Waals surface area contributed by atoms with Gasteiger partial charge in [0.15, 0.2) is 9.84 Å². The third-order valence-corrected chi connectivity index (χ3v) is 5.63. The molecule has 1 saturated heterocycles. The zero-order chi connectivity index (χ0) is 14.9. The van der Waals surface area contributed by atoms with Crippen molar-refractivity contribution in [2.24, 2.45) is 0 Å². The third kappa shape index (κ3) is 3.32. The quantitative estimate of drug-likeness (QED) is 0.831. The van der Waals surface area contributed by atoms with Crippen molar-refractivity contribution in [2.75, 3.05) is 23.8 Å². The first-order valence-electron chi connectivity index (χ1n) is 6.40. The first-order valence-corrected chi connectivity index (χ1v) is 9.01. The summed E-state index contributed by atoms with van der Waals surface area (Å²) in [6, 6.07) is 4.79. The van der Waals surface area contributed by atoms with E-state index in [1.165, 1.54) is 0 Å². The van der Waals surface area contributed by atoms with Crippen LogP contribution in [0, 0.1) is 0 Å². The highest BCUT2D eigenvalue weighted by Crippen LogP contribution is 2.23. The summed E-state index contributed by atoms with van der Waals surface area (Å²) >= 11 is 3.31. The number of nitrogens with two attached hydrogens (primary N) is 1. The van der Waals surface area contributed by atoms with Gasteiger partial charge in [0.2, 0.25) is 0 Å². The molecule has 1 unspecified atom stereocenters. The van der Waals surface area contributed by atoms with E-state index in [0.717, 1.165) is 4.47 Å². The van der Waals surface area contributed by atoms with E-state index in [2.05, 4.69) is 15.9 Å². The van der Waals surface area contributed by atoms with Crippen LogP contribution in [0.25, 0.3) is 0 Å². The highest BCUT2D eigenvalue weighted by atomic mass is 79.9. The average Bonchev–Trinajstić information content (AvgIpc) is 2.69. The monoisotopic (exact) mass is 360 g/mol. The van der Waals surface area contributed by atoms with Gasteiger partial charge in [-0.1, -0.05) is 15.9 Å². The molecule has 1 aromatic carbocycles. The largest absolute Gasteiger partial charge is 0.399 e. The van der Waals surface area contributed by atoms with E-state index in [0.29, 0.717) is 24.2 Å². The number of hydrogen-bond donors (Lipinski definition) is 1. The molecule has 1 heterocycles. The van der Waals surface area contributed by atoms with Crippen LogP contribution in [0.5, 0.6) is 0 Å². The van der Waals surface area contributed by atoms with Gasteiger partial charge in [-0.05, 0) is 31.5 Å². The number of nitrogens with zero attached hydrogens (tertiary/aromatic N) is 1. The number of anilines is 1. The maximum atomic E-state index is 12.5. The maximum absolute atomic E-state index is 12.5. The fraction of sp³-hybridized carbons (Fsp3) is 0.462. The van der Waals surface area contributed by atoms with Crippen molar-refractivity contribution >= 4 is 37.4 Å². The molecular formula is C13H17BrN2O3S. The fourth-order valence-electron chi connectivity index (χ4n) is 2.49. The van der Waals surface area contributed by atoms with E-state index in [1.54, 1.807) is 23.1 Å². The Bertz CT molecular complexity index is 610. The van der Waals surface area contributed by atoms with Crippen molar-refractivity contribution in [3.63, 3.8) is 0 Å². The van der Waals surface area contributed by atoms with E-state index < -0.39 is 9.84 Å². The second-order valence-corrected chi connectivity index (χ2v) is 8.07. The number of nitrogen functional groups attached to an aromatic ring is 1. The number of amides is 1. The molecule has 0 spiro atoms. The Morgan fingerprint density at radius 2 is 2.15 bits per heavy atom. The van der Waals surface area contributed by atoms with Gasteiger partial charge in [-0.3, -0.25) is 4.79 Å². The Labute approximate surface area is 127 Å². The highest BCUT2D eigenvalue weighted by molar-refractivity contribution is 9.10. The van der Waals surface area contributed by atoms with Gasteiger partial charge in [-0.15, -0.1) is 0 Å². The molecule has 0 saturated carbocycles. The van der Waals surface area contributed by atoms with Gasteiger partial charge in [0.25, 0.3) is 5.91 Å². The van der Waals surface area contributed by atoms with E-state index in [9.17, 15) is 13.2 Å². The molecule has 1 aliphatic rings. The number of carbonyl (C=O) groups is 1. The van der Waals surface area contributed by atoms with Gasteiger partial charge in [-0.25, -0.2) is 8.42 Å². The van der Waals surface area contributed by atoms with Crippen LogP contribution in [0.4, 0.5) is 5.69 Å². The Hall–Kier alpha value is -1.08. The second kappa shape index (κ2) is 5.73. The zero-order valence-electron chi connectivity index (χ0n) is 11.2. The third-order valence-electron chi connectivity index (χ3n) is 3.42. The Morgan fingerprint density at radius 3 is 2.65 bits per heavy atom. The summed E-state index contributed by atoms with van der Waals surface area (Å²) in [6.45, 7) is 2.33. The summed E-state index contributed by atoms with van der Waals surface area (Å²) in [7, 11) is -3.01. The van der Waals surface area contributed by atoms with Crippen molar-refractivity contribution in [2.45, 2.75) is 19.4 Å². The number of benzene rings is 1. The molecule has 0 radical (unpaired) electrons. The highest BCUT2D eigenvalue weighted by Gasteiger charge is 2.34. The summed E-state index contributed by atoms with van der Waals surface area (Å²) in [5, 5.41) is 0. The summed E-state index contributed by atoms with van der Waals surface area (Å²) in [5.41, 5.74) is 6.71. The van der Waals surface area contributed by atoms with E-state index in [-0.39, 0.29) is 23.5 Å². The first kappa shape index (κ1) is 15.3. The lowest BCUT2D eigenvalue weighted by molar-refractivity contribution is 0.0708. The number of rotatable bonds is 3. The topological polar surface area (TPSA) is 80.5 Å². The van der Waals surface area contributed by atoms with Crippen molar-refractivity contribution in [3.8, 4) is 0 Å². The maximum Gasteiger partial charge on any atom is 0.254 e. The summed E-state index contributed by atoms with van der Waals surface area (Å²) in [6.07, 6.45) is 0.505. The van der Waals surface area contributed by atoms with Crippen LogP contribution in [0.2, 0.25) is 0 Å². The lowest BCUT2D eigenvalue weighted by atomic mass is 10.1. The molecule has 1 aromatic rings. The van der Waals surface area contributed by atoms with E-state index in [1.807, 2.05) is 6.92 Å². The normalized spacial score (nSPS) is 20.8. The lowest BCUT2D eigenvalue weighted by Crippen LogP contribution is -2.41. The van der Waals surface area contributed by atoms with Crippen molar-refractivity contribution in [1.82, 2.24) is 4.90 Å². The number of carbonyl (C=O) groups excluding carboxylic acids is 1. The number of hydrogen-bond acceptors (Lipinski definition) is 4. The molecule has 1 amide bonds. The number of halogens is 1. The van der Waals surface area contributed by atoms with Gasteiger partial charge in [0.1, 0.15) is 0 Å². The summed E-state index contributed by atoms with van der Waals surface area (Å²) in [5.74, 6) is 0.0283. The Morgan fingerprint density at radius 1 is 1.45 bits per heavy atom. The standard InChI is InChI=1S/C13H17BrN2O3S/c1-2-16(12-3-4-20(18,19)8-12)13(17)9-5-10(14)7-11(15)6-9/h5-7,12H,2-4,8,15H2,1H3. The van der Waals surface area contributed by atoms with Crippen molar-refractivity contribution < 1.29 is 13.2 Å². The molecule has 5 nitrogen and oxygen atoms in total. The van der Waals surface area contributed by atoms with Crippen LogP contribution in [0.3, 0.4) is 0 Å². The Kier molecular flexibility index (Phi) is 4.39. The molecular weight excluding hydrogens is 344 g/mol. The smallest absolute Gasteiger partial charge is 0.254 e. The van der Waals surface area contributed by atoms with Crippen LogP contribution in [0.15, 0.2) is 22.7 Å². The second-order valence-electron chi connectivity index (χ2n) is 4.92. The van der Waals surface area contributed by atoms with Crippen LogP contribution in [0.1, 0.15) is 23.7 Å². The van der Waals surface area contributed by atoms with Gasteiger partial charge >= 0.3 is 0 Å². The number of sulfone groups is 1. The lowest BCUT2D eigenvalue weighted by Gasteiger charge is -2.27. The SMILES string of the molecule is CCN(C(=O)c1cc(N)cc(Br)c1)C1CCS(=O)(=O)C1. The van der Waals surface area contributed by atoms with Crippen LogP contribution >= 0.6 is 15.9 Å². The van der Waals surface area contributed by atoms with Gasteiger partial charge < -0.3 is 10.6 Å². The summed E-state index contributed by atoms with van der Waals surface area (Å²) in [4.78, 5) is 14.1. The van der Waals surface area contributed by atoms with Crippen LogP contribution in [-0.2, 0) is 9.84 Å². The minimum Gasteiger partial charge on any atom is -0.399 e. The minimum atomic E-state index is -3.01. The molecule has 20 heavy (non-hydrogen) atoms. The average molecular weight is 361 g/mol. The molecule has 1 aliphatic heterocycles. The Balaban J connectivity index is 2.25. The van der Waals surface area contributed by atoms with Gasteiger partial charge in [-0.2, -0.15) is 0 Å². The fourth-order valence-corrected chi connectivity index (χ4v) is 4.73. The van der Waals surface area contributed by atoms with Crippen molar-refractivity contribution in [3.05, 3.63) is 28.2 Å².